The molecule has 0 saturated carbocycles. The Morgan fingerprint density at radius 3 is 2.78 bits per heavy atom. The number of rotatable bonds is 5. The maximum absolute atomic E-state index is 12.9. The van der Waals surface area contributed by atoms with Crippen LogP contribution in [0.4, 0.5) is 4.39 Å². The molecule has 7 heteroatoms. The predicted molar refractivity (Wildman–Crippen MR) is 79.2 cm³/mol. The van der Waals surface area contributed by atoms with Gasteiger partial charge in [-0.05, 0) is 17.7 Å². The van der Waals surface area contributed by atoms with Crippen LogP contribution in [0.5, 0.6) is 0 Å². The molecule has 2 aromatic heterocycles. The number of allylic oxidation sites excluding steroid dienone is 1. The first kappa shape index (κ1) is 14.7. The van der Waals surface area contributed by atoms with E-state index in [1.807, 2.05) is 0 Å². The highest BCUT2D eigenvalue weighted by Gasteiger charge is 2.15. The van der Waals surface area contributed by atoms with Crippen LogP contribution >= 0.6 is 0 Å². The maximum atomic E-state index is 12.9. The molecule has 0 bridgehead atoms. The van der Waals surface area contributed by atoms with Gasteiger partial charge in [0, 0.05) is 18.1 Å². The summed E-state index contributed by atoms with van der Waals surface area (Å²) in [6.07, 6.45) is 5.49. The summed E-state index contributed by atoms with van der Waals surface area (Å²) in [4.78, 5) is 16.0. The fourth-order valence-electron chi connectivity index (χ4n) is 2.10. The van der Waals surface area contributed by atoms with Gasteiger partial charge in [0.1, 0.15) is 18.4 Å². The molecule has 116 valence electrons. The maximum Gasteiger partial charge on any atom is 0.215 e. The second-order valence-corrected chi connectivity index (χ2v) is 4.83. The van der Waals surface area contributed by atoms with Crippen LogP contribution in [0.15, 0.2) is 53.6 Å². The number of carbonyl (C=O) groups excluding carboxylic acids is 1. The number of hydrogen-bond acceptors (Lipinski definition) is 5. The molecule has 0 spiro atoms. The Balaban J connectivity index is 1.81. The monoisotopic (exact) mass is 313 g/mol. The molecule has 6 nitrogen and oxygen atoms in total. The molecular weight excluding hydrogens is 301 g/mol. The molecule has 0 aliphatic heterocycles. The zero-order valence-electron chi connectivity index (χ0n) is 11.9. The zero-order chi connectivity index (χ0) is 16.2. The van der Waals surface area contributed by atoms with Crippen LogP contribution in [0, 0.1) is 5.82 Å². The SMILES string of the molecule is O=C(C=C(O)c1nc[nH]n1)c1cocc1Cc1ccc(F)cc1. The second-order valence-electron chi connectivity index (χ2n) is 4.83. The van der Waals surface area contributed by atoms with Crippen molar-refractivity contribution in [1.29, 1.82) is 0 Å². The van der Waals surface area contributed by atoms with Crippen LogP contribution in [0.2, 0.25) is 0 Å². The number of nitrogens with one attached hydrogen (secondary N) is 1. The third kappa shape index (κ3) is 3.34. The van der Waals surface area contributed by atoms with Crippen molar-refractivity contribution in [3.63, 3.8) is 0 Å². The van der Waals surface area contributed by atoms with E-state index < -0.39 is 5.78 Å². The van der Waals surface area contributed by atoms with Crippen molar-refractivity contribution in [1.82, 2.24) is 15.2 Å². The summed E-state index contributed by atoms with van der Waals surface area (Å²) < 4.78 is 18.0. The third-order valence-corrected chi connectivity index (χ3v) is 3.23. The second kappa shape index (κ2) is 6.27. The highest BCUT2D eigenvalue weighted by atomic mass is 19.1. The van der Waals surface area contributed by atoms with Crippen molar-refractivity contribution in [2.24, 2.45) is 0 Å². The van der Waals surface area contributed by atoms with Gasteiger partial charge in [0.2, 0.25) is 5.82 Å². The number of halogens is 1. The number of carbonyl (C=O) groups is 1. The van der Waals surface area contributed by atoms with Gasteiger partial charge in [-0.3, -0.25) is 9.89 Å². The number of benzene rings is 1. The van der Waals surface area contributed by atoms with E-state index in [-0.39, 0.29) is 17.4 Å². The molecule has 2 N–H and O–H groups in total. The number of aliphatic hydroxyl groups is 1. The van der Waals surface area contributed by atoms with Gasteiger partial charge < -0.3 is 9.52 Å². The minimum atomic E-state index is -0.432. The molecule has 3 rings (SSSR count). The van der Waals surface area contributed by atoms with Gasteiger partial charge >= 0.3 is 0 Å². The smallest absolute Gasteiger partial charge is 0.215 e. The topological polar surface area (TPSA) is 92.0 Å². The van der Waals surface area contributed by atoms with Crippen LogP contribution in [-0.4, -0.2) is 26.1 Å². The first-order valence-electron chi connectivity index (χ1n) is 6.74. The number of nitrogens with zero attached hydrogens (tertiary/aromatic N) is 2. The summed E-state index contributed by atoms with van der Waals surface area (Å²) in [5, 5.41) is 15.9. The normalized spacial score (nSPS) is 11.6. The summed E-state index contributed by atoms with van der Waals surface area (Å²) in [6, 6.07) is 5.98. The minimum Gasteiger partial charge on any atom is -0.504 e. The van der Waals surface area contributed by atoms with E-state index >= 15 is 0 Å². The Morgan fingerprint density at radius 2 is 2.09 bits per heavy atom. The number of hydrogen-bond donors (Lipinski definition) is 2. The van der Waals surface area contributed by atoms with Crippen LogP contribution in [-0.2, 0) is 6.42 Å². The molecule has 0 aliphatic rings. The van der Waals surface area contributed by atoms with Crippen LogP contribution in [0.1, 0.15) is 27.3 Å². The Bertz CT molecular complexity index is 836. The Kier molecular flexibility index (Phi) is 4.01. The van der Waals surface area contributed by atoms with Crippen LogP contribution in [0.25, 0.3) is 5.76 Å². The number of aromatic amines is 1. The van der Waals surface area contributed by atoms with E-state index in [9.17, 15) is 14.3 Å². The number of ketones is 1. The van der Waals surface area contributed by atoms with Crippen LogP contribution < -0.4 is 0 Å². The van der Waals surface area contributed by atoms with Gasteiger partial charge in [0.25, 0.3) is 0 Å². The lowest BCUT2D eigenvalue weighted by Crippen LogP contribution is -2.00. The quantitative estimate of drug-likeness (QED) is 0.429. The zero-order valence-corrected chi connectivity index (χ0v) is 11.9. The summed E-state index contributed by atoms with van der Waals surface area (Å²) in [7, 11) is 0. The van der Waals surface area contributed by atoms with Gasteiger partial charge in [-0.1, -0.05) is 12.1 Å². The van der Waals surface area contributed by atoms with Crippen molar-refractivity contribution in [3.05, 3.63) is 77.5 Å². The van der Waals surface area contributed by atoms with Gasteiger partial charge in [-0.25, -0.2) is 9.37 Å². The number of aromatic nitrogens is 3. The summed E-state index contributed by atoms with van der Waals surface area (Å²) in [5.74, 6) is -1.07. The summed E-state index contributed by atoms with van der Waals surface area (Å²) in [6.45, 7) is 0. The molecule has 1 aromatic carbocycles. The molecule has 2 heterocycles. The van der Waals surface area contributed by atoms with Crippen molar-refractivity contribution >= 4 is 11.5 Å². The van der Waals surface area contributed by atoms with E-state index in [0.29, 0.717) is 17.5 Å². The molecule has 0 aliphatic carbocycles. The van der Waals surface area contributed by atoms with Crippen molar-refractivity contribution in [2.45, 2.75) is 6.42 Å². The Labute approximate surface area is 130 Å². The van der Waals surface area contributed by atoms with Crippen molar-refractivity contribution in [3.8, 4) is 0 Å². The minimum absolute atomic E-state index is 0.0296. The Morgan fingerprint density at radius 1 is 1.30 bits per heavy atom. The number of H-pyrrole nitrogens is 1. The van der Waals surface area contributed by atoms with Gasteiger partial charge in [-0.2, -0.15) is 5.10 Å². The van der Waals surface area contributed by atoms with Gasteiger partial charge in [0.15, 0.2) is 11.5 Å². The highest BCUT2D eigenvalue weighted by molar-refractivity contribution is 6.08. The van der Waals surface area contributed by atoms with E-state index in [0.717, 1.165) is 11.6 Å². The molecule has 0 fully saturated rings. The lowest BCUT2D eigenvalue weighted by atomic mass is 10.0. The van der Waals surface area contributed by atoms with Crippen molar-refractivity contribution in [2.75, 3.05) is 0 Å². The number of aliphatic hydroxyl groups excluding tert-OH is 1. The van der Waals surface area contributed by atoms with Crippen LogP contribution in [0.3, 0.4) is 0 Å². The largest absolute Gasteiger partial charge is 0.504 e. The average molecular weight is 313 g/mol. The highest BCUT2D eigenvalue weighted by Crippen LogP contribution is 2.18. The fourth-order valence-corrected chi connectivity index (χ4v) is 2.10. The first-order chi connectivity index (χ1) is 11.1. The standard InChI is InChI=1S/C16H12FN3O3/c17-12-3-1-10(2-4-12)5-11-7-23-8-13(11)14(21)6-15(22)16-18-9-19-20-16/h1-4,6-9,22H,5H2,(H,18,19,20). The molecular formula is C16H12FN3O3. The lowest BCUT2D eigenvalue weighted by molar-refractivity contribution is 0.104. The third-order valence-electron chi connectivity index (χ3n) is 3.23. The fraction of sp³-hybridized carbons (Fsp3) is 0.0625. The molecule has 0 saturated heterocycles. The molecule has 3 aromatic rings. The molecule has 0 radical (unpaired) electrons. The summed E-state index contributed by atoms with van der Waals surface area (Å²) in [5.41, 5.74) is 1.79. The molecule has 23 heavy (non-hydrogen) atoms. The molecule has 0 atom stereocenters. The Hall–Kier alpha value is -3.22. The van der Waals surface area contributed by atoms with E-state index in [4.69, 9.17) is 4.42 Å². The van der Waals surface area contributed by atoms with E-state index in [1.54, 1.807) is 12.1 Å². The van der Waals surface area contributed by atoms with E-state index in [2.05, 4.69) is 15.2 Å². The van der Waals surface area contributed by atoms with Crippen molar-refractivity contribution < 1.29 is 18.7 Å². The lowest BCUT2D eigenvalue weighted by Gasteiger charge is -2.01. The average Bonchev–Trinajstić information content (AvgIpc) is 3.20. The van der Waals surface area contributed by atoms with Gasteiger partial charge in [0.05, 0.1) is 11.8 Å². The van der Waals surface area contributed by atoms with E-state index in [1.165, 1.54) is 31.0 Å². The molecule has 0 amide bonds. The molecule has 0 unspecified atom stereocenters. The number of furan rings is 1. The first-order valence-corrected chi connectivity index (χ1v) is 6.74. The summed E-state index contributed by atoms with van der Waals surface area (Å²) >= 11 is 0. The van der Waals surface area contributed by atoms with Gasteiger partial charge in [-0.15, -0.1) is 0 Å². The predicted octanol–water partition coefficient (Wildman–Crippen LogP) is 2.91.